The van der Waals surface area contributed by atoms with Crippen molar-refractivity contribution in [2.24, 2.45) is 0 Å². The molecule has 1 saturated heterocycles. The van der Waals surface area contributed by atoms with Gasteiger partial charge in [-0.05, 0) is 68.2 Å². The number of carbonyl (C=O) groups is 1. The number of piperidine rings is 1. The van der Waals surface area contributed by atoms with Gasteiger partial charge in [0.05, 0.1) is 19.1 Å². The third-order valence-electron chi connectivity index (χ3n) is 7.50. The van der Waals surface area contributed by atoms with Crippen LogP contribution in [0.4, 0.5) is 5.69 Å². The van der Waals surface area contributed by atoms with Crippen LogP contribution in [0.15, 0.2) is 57.7 Å². The molecule has 2 heterocycles. The van der Waals surface area contributed by atoms with Crippen LogP contribution < -0.4 is 20.4 Å². The Morgan fingerprint density at radius 1 is 1.05 bits per heavy atom. The van der Waals surface area contributed by atoms with Crippen LogP contribution in [-0.2, 0) is 4.79 Å². The Morgan fingerprint density at radius 3 is 2.38 bits per heavy atom. The minimum Gasteiger partial charge on any atom is -0.504 e. The molecule has 214 valence electrons. The summed E-state index contributed by atoms with van der Waals surface area (Å²) in [5.41, 5.74) is 2.22. The lowest BCUT2D eigenvalue weighted by molar-refractivity contribution is -0.121. The molecule has 1 amide bonds. The standard InChI is InChI=1S/C31H39N3O6/c1-20-16-27(36)30(38)31(40-20)24(22-10-13-26(35)28(17-22)39-4)18-29(37)32-19-25(34-14-6-5-7-15-34)21-8-11-23(12-9-21)33(2)3/h8-13,16-17,24-25,35,38H,5-7,14-15,18-19H2,1-4H3,(H,32,37)/t24-,25+/m0/s1. The molecule has 1 aliphatic rings. The van der Waals surface area contributed by atoms with E-state index in [9.17, 15) is 19.8 Å². The Bertz CT molecular complexity index is 1360. The van der Waals surface area contributed by atoms with E-state index in [1.165, 1.54) is 25.7 Å². The number of amides is 1. The van der Waals surface area contributed by atoms with Gasteiger partial charge in [-0.3, -0.25) is 14.5 Å². The maximum Gasteiger partial charge on any atom is 0.227 e. The molecule has 3 N–H and O–H groups in total. The monoisotopic (exact) mass is 549 g/mol. The highest BCUT2D eigenvalue weighted by Gasteiger charge is 2.28. The number of carbonyl (C=O) groups excluding carboxylic acids is 1. The second-order valence-electron chi connectivity index (χ2n) is 10.5. The van der Waals surface area contributed by atoms with Crippen LogP contribution in [0.25, 0.3) is 0 Å². The normalized spacial score (nSPS) is 15.3. The quantitative estimate of drug-likeness (QED) is 0.343. The molecule has 9 heteroatoms. The van der Waals surface area contributed by atoms with E-state index in [1.807, 2.05) is 14.1 Å². The van der Waals surface area contributed by atoms with Gasteiger partial charge in [-0.15, -0.1) is 0 Å². The minimum absolute atomic E-state index is 0.000234. The second kappa shape index (κ2) is 12.9. The molecule has 0 spiro atoms. The predicted molar refractivity (Wildman–Crippen MR) is 154 cm³/mol. The number of phenolic OH excluding ortho intramolecular Hbond substituents is 1. The molecule has 0 radical (unpaired) electrons. The molecule has 1 fully saturated rings. The van der Waals surface area contributed by atoms with Gasteiger partial charge in [0, 0.05) is 38.8 Å². The van der Waals surface area contributed by atoms with Gasteiger partial charge in [0.1, 0.15) is 5.76 Å². The fraction of sp³-hybridized carbons (Fsp3) is 0.419. The lowest BCUT2D eigenvalue weighted by Gasteiger charge is -2.35. The van der Waals surface area contributed by atoms with Crippen molar-refractivity contribution in [1.82, 2.24) is 10.2 Å². The average molecular weight is 550 g/mol. The lowest BCUT2D eigenvalue weighted by atomic mass is 9.91. The van der Waals surface area contributed by atoms with E-state index in [2.05, 4.69) is 39.4 Å². The third-order valence-corrected chi connectivity index (χ3v) is 7.50. The highest BCUT2D eigenvalue weighted by molar-refractivity contribution is 5.77. The van der Waals surface area contributed by atoms with Crippen molar-refractivity contribution in [3.8, 4) is 17.2 Å². The first kappa shape index (κ1) is 29.0. The number of likely N-dealkylation sites (tertiary alicyclic amines) is 1. The summed E-state index contributed by atoms with van der Waals surface area (Å²) < 4.78 is 11.0. The van der Waals surface area contributed by atoms with Gasteiger partial charge in [-0.1, -0.05) is 24.6 Å². The van der Waals surface area contributed by atoms with Crippen LogP contribution in [0.5, 0.6) is 17.2 Å². The van der Waals surface area contributed by atoms with E-state index in [4.69, 9.17) is 9.15 Å². The summed E-state index contributed by atoms with van der Waals surface area (Å²) in [6.07, 6.45) is 3.37. The molecular formula is C31H39N3O6. The Morgan fingerprint density at radius 2 is 1.73 bits per heavy atom. The number of aromatic hydroxyl groups is 2. The fourth-order valence-corrected chi connectivity index (χ4v) is 5.29. The van der Waals surface area contributed by atoms with Gasteiger partial charge in [0.25, 0.3) is 0 Å². The number of methoxy groups -OCH3 is 1. The molecule has 40 heavy (non-hydrogen) atoms. The molecule has 0 bridgehead atoms. The first-order chi connectivity index (χ1) is 19.2. The Kier molecular flexibility index (Phi) is 9.37. The average Bonchev–Trinajstić information content (AvgIpc) is 2.95. The van der Waals surface area contributed by atoms with Crippen LogP contribution in [0.2, 0.25) is 0 Å². The predicted octanol–water partition coefficient (Wildman–Crippen LogP) is 4.30. The van der Waals surface area contributed by atoms with Gasteiger partial charge < -0.3 is 29.6 Å². The van der Waals surface area contributed by atoms with Crippen molar-refractivity contribution in [2.75, 3.05) is 45.7 Å². The van der Waals surface area contributed by atoms with E-state index in [1.54, 1.807) is 19.1 Å². The van der Waals surface area contributed by atoms with Crippen LogP contribution in [-0.4, -0.2) is 61.9 Å². The summed E-state index contributed by atoms with van der Waals surface area (Å²) in [4.78, 5) is 30.3. The Balaban J connectivity index is 1.60. The molecule has 0 saturated carbocycles. The van der Waals surface area contributed by atoms with Gasteiger partial charge in [0.2, 0.25) is 17.1 Å². The number of rotatable bonds is 10. The number of benzene rings is 2. The fourth-order valence-electron chi connectivity index (χ4n) is 5.29. The summed E-state index contributed by atoms with van der Waals surface area (Å²) in [6.45, 7) is 3.96. The number of hydrogen-bond donors (Lipinski definition) is 3. The SMILES string of the molecule is COc1cc([C@H](CC(=O)NC[C@H](c2ccc(N(C)C)cc2)N2CCCCC2)c2oc(C)cc(=O)c2O)ccc1O. The van der Waals surface area contributed by atoms with Crippen LogP contribution in [0.3, 0.4) is 0 Å². The van der Waals surface area contributed by atoms with Crippen molar-refractivity contribution in [2.45, 2.75) is 44.6 Å². The topological polar surface area (TPSA) is 115 Å². The van der Waals surface area contributed by atoms with E-state index in [-0.39, 0.29) is 35.6 Å². The van der Waals surface area contributed by atoms with Gasteiger partial charge in [-0.25, -0.2) is 0 Å². The van der Waals surface area contributed by atoms with E-state index in [0.29, 0.717) is 17.9 Å². The van der Waals surface area contributed by atoms with Crippen molar-refractivity contribution >= 4 is 11.6 Å². The second-order valence-corrected chi connectivity index (χ2v) is 10.5. The van der Waals surface area contributed by atoms with Crippen LogP contribution >= 0.6 is 0 Å². The van der Waals surface area contributed by atoms with E-state index in [0.717, 1.165) is 37.2 Å². The summed E-state index contributed by atoms with van der Waals surface area (Å²) in [6, 6.07) is 14.3. The Labute approximate surface area is 235 Å². The van der Waals surface area contributed by atoms with Gasteiger partial charge in [0.15, 0.2) is 17.3 Å². The zero-order chi connectivity index (χ0) is 28.8. The summed E-state index contributed by atoms with van der Waals surface area (Å²) in [7, 11) is 5.44. The van der Waals surface area contributed by atoms with E-state index >= 15 is 0 Å². The molecule has 4 rings (SSSR count). The summed E-state index contributed by atoms with van der Waals surface area (Å²) >= 11 is 0. The summed E-state index contributed by atoms with van der Waals surface area (Å²) in [5, 5.41) is 23.8. The highest BCUT2D eigenvalue weighted by Crippen LogP contribution is 2.37. The first-order valence-corrected chi connectivity index (χ1v) is 13.7. The van der Waals surface area contributed by atoms with Gasteiger partial charge >= 0.3 is 0 Å². The maximum atomic E-state index is 13.4. The smallest absolute Gasteiger partial charge is 0.227 e. The number of hydrogen-bond acceptors (Lipinski definition) is 8. The molecule has 1 aromatic heterocycles. The van der Waals surface area contributed by atoms with Crippen molar-refractivity contribution in [1.29, 1.82) is 0 Å². The zero-order valence-electron chi connectivity index (χ0n) is 23.6. The molecule has 0 aliphatic carbocycles. The number of ether oxygens (including phenoxy) is 1. The molecule has 0 unspecified atom stereocenters. The molecule has 3 aromatic rings. The number of phenols is 1. The number of nitrogens with one attached hydrogen (secondary N) is 1. The molecule has 1 aliphatic heterocycles. The van der Waals surface area contributed by atoms with Crippen molar-refractivity contribution < 1.29 is 24.2 Å². The number of anilines is 1. The molecular weight excluding hydrogens is 510 g/mol. The van der Waals surface area contributed by atoms with E-state index < -0.39 is 17.1 Å². The van der Waals surface area contributed by atoms with Crippen molar-refractivity contribution in [3.63, 3.8) is 0 Å². The number of aryl methyl sites for hydroxylation is 1. The minimum atomic E-state index is -0.782. The molecule has 9 nitrogen and oxygen atoms in total. The van der Waals surface area contributed by atoms with Crippen LogP contribution in [0.1, 0.15) is 60.3 Å². The summed E-state index contributed by atoms with van der Waals surface area (Å²) in [5.74, 6) is -1.11. The highest BCUT2D eigenvalue weighted by atomic mass is 16.5. The van der Waals surface area contributed by atoms with Crippen molar-refractivity contribution in [3.05, 3.63) is 81.4 Å². The first-order valence-electron chi connectivity index (χ1n) is 13.7. The lowest BCUT2D eigenvalue weighted by Crippen LogP contribution is -2.41. The third kappa shape index (κ3) is 6.77. The Hall–Kier alpha value is -3.98. The largest absolute Gasteiger partial charge is 0.504 e. The van der Waals surface area contributed by atoms with Gasteiger partial charge in [-0.2, -0.15) is 0 Å². The van der Waals surface area contributed by atoms with Crippen LogP contribution in [0, 0.1) is 6.92 Å². The molecule has 2 aromatic carbocycles. The zero-order valence-corrected chi connectivity index (χ0v) is 23.6. The molecule has 2 atom stereocenters. The maximum absolute atomic E-state index is 13.4. The number of nitrogens with zero attached hydrogens (tertiary/aromatic N) is 2.